The maximum atomic E-state index is 10.8. The highest BCUT2D eigenvalue weighted by Gasteiger charge is 2.31. The number of aliphatic carboxylic acids is 1. The molecule has 104 valence electrons. The van der Waals surface area contributed by atoms with Crippen molar-refractivity contribution in [2.24, 2.45) is 0 Å². The van der Waals surface area contributed by atoms with Crippen molar-refractivity contribution in [2.45, 2.75) is 50.4 Å². The molecule has 1 aliphatic heterocycles. The summed E-state index contributed by atoms with van der Waals surface area (Å²) >= 11 is 1.84. The third-order valence-corrected chi connectivity index (χ3v) is 5.02. The molecule has 2 aliphatic rings. The van der Waals surface area contributed by atoms with E-state index in [2.05, 4.69) is 16.8 Å². The minimum atomic E-state index is -0.833. The summed E-state index contributed by atoms with van der Waals surface area (Å²) in [5.41, 5.74) is 1.43. The van der Waals surface area contributed by atoms with Gasteiger partial charge in [0.1, 0.15) is 0 Å². The first kappa shape index (κ1) is 13.1. The van der Waals surface area contributed by atoms with Gasteiger partial charge in [0, 0.05) is 17.5 Å². The van der Waals surface area contributed by atoms with Gasteiger partial charge in [-0.25, -0.2) is 4.79 Å². The molecule has 2 N–H and O–H groups in total. The van der Waals surface area contributed by atoms with Crippen molar-refractivity contribution in [1.29, 1.82) is 0 Å². The monoisotopic (exact) mass is 281 g/mol. The fourth-order valence-corrected chi connectivity index (χ4v) is 4.00. The van der Waals surface area contributed by atoms with E-state index < -0.39 is 12.1 Å². The second kappa shape index (κ2) is 5.61. The van der Waals surface area contributed by atoms with E-state index >= 15 is 0 Å². The van der Waals surface area contributed by atoms with E-state index in [4.69, 9.17) is 9.84 Å². The van der Waals surface area contributed by atoms with Crippen LogP contribution in [-0.4, -0.2) is 29.8 Å². The largest absolute Gasteiger partial charge is 0.479 e. The van der Waals surface area contributed by atoms with Crippen molar-refractivity contribution in [3.05, 3.63) is 21.9 Å². The number of carboxylic acid groups (broad SMARTS) is 1. The Bertz CT molecular complexity index is 459. The summed E-state index contributed by atoms with van der Waals surface area (Å²) in [6.07, 6.45) is 4.52. The van der Waals surface area contributed by atoms with Crippen LogP contribution in [0.15, 0.2) is 11.4 Å². The molecular formula is C14H19NO3S. The molecule has 1 aromatic heterocycles. The van der Waals surface area contributed by atoms with Crippen LogP contribution in [0.1, 0.15) is 42.2 Å². The van der Waals surface area contributed by atoms with Gasteiger partial charge >= 0.3 is 5.97 Å². The van der Waals surface area contributed by atoms with Gasteiger partial charge in [0.25, 0.3) is 0 Å². The first-order valence-corrected chi connectivity index (χ1v) is 7.80. The molecule has 0 radical (unpaired) electrons. The molecule has 0 aromatic carbocycles. The predicted molar refractivity (Wildman–Crippen MR) is 73.5 cm³/mol. The van der Waals surface area contributed by atoms with E-state index in [1.165, 1.54) is 29.7 Å². The Hall–Kier alpha value is -0.910. The lowest BCUT2D eigenvalue weighted by molar-refractivity contribution is -0.149. The Balaban J connectivity index is 1.53. The summed E-state index contributed by atoms with van der Waals surface area (Å²) in [5.74, 6) is -0.833. The van der Waals surface area contributed by atoms with E-state index in [0.29, 0.717) is 12.5 Å². The summed E-state index contributed by atoms with van der Waals surface area (Å²) in [6, 6.07) is 2.63. The first-order chi connectivity index (χ1) is 9.24. The molecule has 5 heteroatoms. The maximum absolute atomic E-state index is 10.8. The Labute approximate surface area is 116 Å². The van der Waals surface area contributed by atoms with Gasteiger partial charge < -0.3 is 15.2 Å². The Kier molecular flexibility index (Phi) is 3.86. The third-order valence-electron chi connectivity index (χ3n) is 4.03. The SMILES string of the molecule is O=C(O)C1CCC(CNC2CCCc3sccc32)O1. The van der Waals surface area contributed by atoms with Gasteiger partial charge in [0.05, 0.1) is 6.10 Å². The van der Waals surface area contributed by atoms with Crippen molar-refractivity contribution in [1.82, 2.24) is 5.32 Å². The first-order valence-electron chi connectivity index (χ1n) is 6.92. The second-order valence-electron chi connectivity index (χ2n) is 5.31. The number of aryl methyl sites for hydroxylation is 1. The van der Waals surface area contributed by atoms with E-state index in [9.17, 15) is 4.79 Å². The number of nitrogens with one attached hydrogen (secondary N) is 1. The zero-order valence-corrected chi connectivity index (χ0v) is 11.6. The number of hydrogen-bond acceptors (Lipinski definition) is 4. The lowest BCUT2D eigenvalue weighted by Crippen LogP contribution is -2.32. The molecule has 0 saturated carbocycles. The summed E-state index contributed by atoms with van der Waals surface area (Å²) in [6.45, 7) is 0.754. The van der Waals surface area contributed by atoms with Gasteiger partial charge in [-0.15, -0.1) is 11.3 Å². The standard InChI is InChI=1S/C14H19NO3S/c16-14(17)12-5-4-9(18-12)8-15-11-2-1-3-13-10(11)6-7-19-13/h6-7,9,11-12,15H,1-5,8H2,(H,16,17). The number of thiophene rings is 1. The van der Waals surface area contributed by atoms with Gasteiger partial charge in [0.2, 0.25) is 0 Å². The van der Waals surface area contributed by atoms with Crippen molar-refractivity contribution in [2.75, 3.05) is 6.54 Å². The number of hydrogen-bond donors (Lipinski definition) is 2. The van der Waals surface area contributed by atoms with Gasteiger partial charge in [-0.05, 0) is 49.1 Å². The highest BCUT2D eigenvalue weighted by atomic mass is 32.1. The van der Waals surface area contributed by atoms with Crippen LogP contribution in [-0.2, 0) is 16.0 Å². The van der Waals surface area contributed by atoms with Crippen LogP contribution in [0.25, 0.3) is 0 Å². The van der Waals surface area contributed by atoms with Crippen LogP contribution >= 0.6 is 11.3 Å². The smallest absolute Gasteiger partial charge is 0.332 e. The molecule has 3 atom stereocenters. The normalized spacial score (nSPS) is 30.2. The number of carbonyl (C=O) groups is 1. The van der Waals surface area contributed by atoms with E-state index in [0.717, 1.165) is 13.0 Å². The van der Waals surface area contributed by atoms with Crippen molar-refractivity contribution >= 4 is 17.3 Å². The van der Waals surface area contributed by atoms with Crippen LogP contribution in [0.4, 0.5) is 0 Å². The highest BCUT2D eigenvalue weighted by Crippen LogP contribution is 2.33. The Morgan fingerprint density at radius 3 is 3.16 bits per heavy atom. The van der Waals surface area contributed by atoms with E-state index in [1.807, 2.05) is 11.3 Å². The molecule has 4 nitrogen and oxygen atoms in total. The maximum Gasteiger partial charge on any atom is 0.332 e. The van der Waals surface area contributed by atoms with Crippen LogP contribution in [0.2, 0.25) is 0 Å². The van der Waals surface area contributed by atoms with Crippen molar-refractivity contribution in [3.63, 3.8) is 0 Å². The number of ether oxygens (including phenoxy) is 1. The van der Waals surface area contributed by atoms with Crippen LogP contribution in [0.3, 0.4) is 0 Å². The van der Waals surface area contributed by atoms with Gasteiger partial charge in [0.15, 0.2) is 6.10 Å². The Morgan fingerprint density at radius 1 is 1.47 bits per heavy atom. The lowest BCUT2D eigenvalue weighted by Gasteiger charge is -2.25. The summed E-state index contributed by atoms with van der Waals surface area (Å²) < 4.78 is 5.52. The van der Waals surface area contributed by atoms with Gasteiger partial charge in [-0.3, -0.25) is 0 Å². The van der Waals surface area contributed by atoms with E-state index in [1.54, 1.807) is 0 Å². The zero-order chi connectivity index (χ0) is 13.2. The van der Waals surface area contributed by atoms with Gasteiger partial charge in [-0.2, -0.15) is 0 Å². The minimum absolute atomic E-state index is 0.0464. The summed E-state index contributed by atoms with van der Waals surface area (Å²) in [5, 5.41) is 14.6. The summed E-state index contributed by atoms with van der Waals surface area (Å²) in [4.78, 5) is 12.3. The molecule has 0 bridgehead atoms. The third kappa shape index (κ3) is 2.83. The quantitative estimate of drug-likeness (QED) is 0.889. The number of fused-ring (bicyclic) bond motifs is 1. The lowest BCUT2D eigenvalue weighted by atomic mass is 9.94. The number of carboxylic acids is 1. The fraction of sp³-hybridized carbons (Fsp3) is 0.643. The summed E-state index contributed by atoms with van der Waals surface area (Å²) in [7, 11) is 0. The van der Waals surface area contributed by atoms with Crippen molar-refractivity contribution in [3.8, 4) is 0 Å². The molecule has 19 heavy (non-hydrogen) atoms. The average Bonchev–Trinajstić information content (AvgIpc) is 3.05. The minimum Gasteiger partial charge on any atom is -0.479 e. The molecule has 1 saturated heterocycles. The molecule has 3 rings (SSSR count). The fourth-order valence-electron chi connectivity index (χ4n) is 3.01. The van der Waals surface area contributed by atoms with Crippen LogP contribution in [0.5, 0.6) is 0 Å². The molecule has 1 aromatic rings. The molecule has 0 amide bonds. The molecule has 0 spiro atoms. The predicted octanol–water partition coefficient (Wildman–Crippen LogP) is 2.35. The topological polar surface area (TPSA) is 58.6 Å². The average molecular weight is 281 g/mol. The van der Waals surface area contributed by atoms with Gasteiger partial charge in [-0.1, -0.05) is 0 Å². The molecular weight excluding hydrogens is 262 g/mol. The van der Waals surface area contributed by atoms with Crippen molar-refractivity contribution < 1.29 is 14.6 Å². The second-order valence-corrected chi connectivity index (χ2v) is 6.32. The molecule has 2 heterocycles. The Morgan fingerprint density at radius 2 is 2.37 bits per heavy atom. The van der Waals surface area contributed by atoms with Crippen LogP contribution in [0, 0.1) is 0 Å². The highest BCUT2D eigenvalue weighted by molar-refractivity contribution is 7.10. The number of rotatable bonds is 4. The molecule has 3 unspecified atom stereocenters. The zero-order valence-electron chi connectivity index (χ0n) is 10.8. The van der Waals surface area contributed by atoms with Crippen LogP contribution < -0.4 is 5.32 Å². The molecule has 1 aliphatic carbocycles. The molecule has 1 fully saturated rings. The van der Waals surface area contributed by atoms with E-state index in [-0.39, 0.29) is 6.10 Å².